The molecule has 13 heavy (non-hydrogen) atoms. The van der Waals surface area contributed by atoms with Crippen molar-refractivity contribution in [1.82, 2.24) is 0 Å². The molecule has 1 unspecified atom stereocenters. The first kappa shape index (κ1) is 12.1. The molecule has 0 saturated heterocycles. The highest BCUT2D eigenvalue weighted by molar-refractivity contribution is 4.98. The number of hydrogen-bond acceptors (Lipinski definition) is 2. The molecule has 0 aliphatic rings. The Morgan fingerprint density at radius 2 is 1.77 bits per heavy atom. The fourth-order valence-electron chi connectivity index (χ4n) is 1.01. The predicted octanol–water partition coefficient (Wildman–Crippen LogP) is 1.67. The molecule has 0 aromatic rings. The summed E-state index contributed by atoms with van der Waals surface area (Å²) in [6.07, 6.45) is 11.1. The van der Waals surface area contributed by atoms with Crippen LogP contribution >= 0.6 is 0 Å². The van der Waals surface area contributed by atoms with E-state index in [0.717, 1.165) is 12.8 Å². The van der Waals surface area contributed by atoms with Crippen LogP contribution in [0.15, 0.2) is 37.0 Å². The summed E-state index contributed by atoms with van der Waals surface area (Å²) in [6, 6.07) is 0. The first-order valence-electron chi connectivity index (χ1n) is 4.51. The number of aliphatic hydroxyl groups is 2. The minimum Gasteiger partial charge on any atom is -0.392 e. The minimum absolute atomic E-state index is 0.0802. The topological polar surface area (TPSA) is 40.5 Å². The lowest BCUT2D eigenvalue weighted by Crippen LogP contribution is -1.90. The fourth-order valence-corrected chi connectivity index (χ4v) is 1.01. The van der Waals surface area contributed by atoms with Gasteiger partial charge in [0.1, 0.15) is 0 Å². The van der Waals surface area contributed by atoms with Crippen molar-refractivity contribution in [2.24, 2.45) is 5.92 Å². The van der Waals surface area contributed by atoms with Gasteiger partial charge in [0.25, 0.3) is 0 Å². The summed E-state index contributed by atoms with van der Waals surface area (Å²) in [5.74, 6) is 0.315. The van der Waals surface area contributed by atoms with Gasteiger partial charge in [-0.15, -0.1) is 6.58 Å². The zero-order valence-corrected chi connectivity index (χ0v) is 7.89. The highest BCUT2D eigenvalue weighted by Gasteiger charge is 1.95. The van der Waals surface area contributed by atoms with Crippen molar-refractivity contribution in [2.75, 3.05) is 13.2 Å². The Balaban J connectivity index is 3.65. The van der Waals surface area contributed by atoms with Crippen LogP contribution in [0.2, 0.25) is 0 Å². The maximum Gasteiger partial charge on any atom is 0.0612 e. The van der Waals surface area contributed by atoms with Gasteiger partial charge in [-0.05, 0) is 18.8 Å². The van der Waals surface area contributed by atoms with Gasteiger partial charge in [-0.1, -0.05) is 30.4 Å². The van der Waals surface area contributed by atoms with Crippen LogP contribution in [0.3, 0.4) is 0 Å². The van der Waals surface area contributed by atoms with Gasteiger partial charge >= 0.3 is 0 Å². The Labute approximate surface area is 79.9 Å². The van der Waals surface area contributed by atoms with Crippen LogP contribution in [-0.4, -0.2) is 23.4 Å². The average Bonchev–Trinajstić information content (AvgIpc) is 2.17. The van der Waals surface area contributed by atoms with E-state index in [9.17, 15) is 0 Å². The van der Waals surface area contributed by atoms with Gasteiger partial charge in [-0.2, -0.15) is 0 Å². The Kier molecular flexibility index (Phi) is 8.62. The van der Waals surface area contributed by atoms with Gasteiger partial charge < -0.3 is 10.2 Å². The summed E-state index contributed by atoms with van der Waals surface area (Å²) in [5, 5.41) is 17.0. The van der Waals surface area contributed by atoms with Crippen molar-refractivity contribution >= 4 is 0 Å². The third-order valence-corrected chi connectivity index (χ3v) is 1.73. The molecule has 0 saturated carbocycles. The van der Waals surface area contributed by atoms with E-state index < -0.39 is 0 Å². The van der Waals surface area contributed by atoms with Crippen LogP contribution in [0.5, 0.6) is 0 Å². The second kappa shape index (κ2) is 9.23. The van der Waals surface area contributed by atoms with E-state index in [2.05, 4.69) is 6.58 Å². The zero-order valence-electron chi connectivity index (χ0n) is 7.89. The molecule has 2 N–H and O–H groups in total. The van der Waals surface area contributed by atoms with Crippen molar-refractivity contribution in [3.05, 3.63) is 37.0 Å². The first-order valence-corrected chi connectivity index (χ1v) is 4.51. The third-order valence-electron chi connectivity index (χ3n) is 1.73. The predicted molar refractivity (Wildman–Crippen MR) is 55.4 cm³/mol. The van der Waals surface area contributed by atoms with Crippen LogP contribution in [0.4, 0.5) is 0 Å². The lowest BCUT2D eigenvalue weighted by molar-refractivity contribution is 0.342. The van der Waals surface area contributed by atoms with Gasteiger partial charge in [0.15, 0.2) is 0 Å². The first-order chi connectivity index (χ1) is 6.35. The molecule has 0 aliphatic heterocycles. The molecule has 0 heterocycles. The molecule has 0 bridgehead atoms. The normalized spacial score (nSPS) is 14.0. The molecule has 0 rings (SSSR count). The summed E-state index contributed by atoms with van der Waals surface area (Å²) in [4.78, 5) is 0. The quantitative estimate of drug-likeness (QED) is 0.588. The van der Waals surface area contributed by atoms with Gasteiger partial charge in [0.2, 0.25) is 0 Å². The number of hydrogen-bond donors (Lipinski definition) is 2. The smallest absolute Gasteiger partial charge is 0.0612 e. The Bertz CT molecular complexity index is 171. The molecule has 0 fully saturated rings. The van der Waals surface area contributed by atoms with Gasteiger partial charge in [-0.25, -0.2) is 0 Å². The van der Waals surface area contributed by atoms with E-state index >= 15 is 0 Å². The molecule has 2 heteroatoms. The molecule has 0 amide bonds. The van der Waals surface area contributed by atoms with E-state index in [-0.39, 0.29) is 13.2 Å². The monoisotopic (exact) mass is 182 g/mol. The maximum atomic E-state index is 8.55. The van der Waals surface area contributed by atoms with Crippen LogP contribution in [0, 0.1) is 5.92 Å². The summed E-state index contributed by atoms with van der Waals surface area (Å²) >= 11 is 0. The Hall–Kier alpha value is -0.860. The SMILES string of the molecule is C=CC(/C=C/CO)CC/C=C\CO. The third kappa shape index (κ3) is 7.50. The number of allylic oxidation sites excluding steroid dienone is 3. The largest absolute Gasteiger partial charge is 0.392 e. The van der Waals surface area contributed by atoms with E-state index in [1.165, 1.54) is 0 Å². The molecule has 1 atom stereocenters. The van der Waals surface area contributed by atoms with Gasteiger partial charge in [0, 0.05) is 0 Å². The molecular formula is C11H18O2. The van der Waals surface area contributed by atoms with E-state index in [0.29, 0.717) is 5.92 Å². The van der Waals surface area contributed by atoms with Crippen LogP contribution in [-0.2, 0) is 0 Å². The van der Waals surface area contributed by atoms with Gasteiger partial charge in [0.05, 0.1) is 13.2 Å². The molecular weight excluding hydrogens is 164 g/mol. The molecule has 0 radical (unpaired) electrons. The highest BCUT2D eigenvalue weighted by atomic mass is 16.3. The Morgan fingerprint density at radius 3 is 2.31 bits per heavy atom. The molecule has 0 aromatic heterocycles. The molecule has 0 aromatic carbocycles. The molecule has 0 spiro atoms. The van der Waals surface area contributed by atoms with Crippen molar-refractivity contribution in [3.8, 4) is 0 Å². The Morgan fingerprint density at radius 1 is 1.08 bits per heavy atom. The summed E-state index contributed by atoms with van der Waals surface area (Å²) < 4.78 is 0. The van der Waals surface area contributed by atoms with Crippen LogP contribution in [0.1, 0.15) is 12.8 Å². The minimum atomic E-state index is 0.0802. The average molecular weight is 182 g/mol. The molecule has 2 nitrogen and oxygen atoms in total. The standard InChI is InChI=1S/C11H18O2/c1-2-11(8-6-10-13)7-4-3-5-9-12/h2-3,5-6,8,11-13H,1,4,7,9-10H2/b5-3-,8-6+. The molecule has 0 aliphatic carbocycles. The van der Waals surface area contributed by atoms with Crippen molar-refractivity contribution in [1.29, 1.82) is 0 Å². The van der Waals surface area contributed by atoms with Gasteiger partial charge in [-0.3, -0.25) is 0 Å². The van der Waals surface area contributed by atoms with Crippen LogP contribution in [0.25, 0.3) is 0 Å². The molecule has 74 valence electrons. The summed E-state index contributed by atoms with van der Waals surface area (Å²) in [7, 11) is 0. The van der Waals surface area contributed by atoms with Crippen molar-refractivity contribution < 1.29 is 10.2 Å². The van der Waals surface area contributed by atoms with E-state index in [4.69, 9.17) is 10.2 Å². The lowest BCUT2D eigenvalue weighted by atomic mass is 10.0. The summed E-state index contributed by atoms with van der Waals surface area (Å²) in [5.41, 5.74) is 0. The summed E-state index contributed by atoms with van der Waals surface area (Å²) in [6.45, 7) is 3.89. The van der Waals surface area contributed by atoms with Crippen molar-refractivity contribution in [3.63, 3.8) is 0 Å². The van der Waals surface area contributed by atoms with E-state index in [1.54, 1.807) is 12.2 Å². The lowest BCUT2D eigenvalue weighted by Gasteiger charge is -2.03. The number of aliphatic hydroxyl groups excluding tert-OH is 2. The second-order valence-corrected chi connectivity index (χ2v) is 2.74. The fraction of sp³-hybridized carbons (Fsp3) is 0.455. The number of rotatable bonds is 7. The van der Waals surface area contributed by atoms with E-state index in [1.807, 2.05) is 18.2 Å². The van der Waals surface area contributed by atoms with Crippen LogP contribution < -0.4 is 0 Å². The maximum absolute atomic E-state index is 8.55. The van der Waals surface area contributed by atoms with Crippen molar-refractivity contribution in [2.45, 2.75) is 12.8 Å². The zero-order chi connectivity index (χ0) is 9.94. The second-order valence-electron chi connectivity index (χ2n) is 2.74. The highest BCUT2D eigenvalue weighted by Crippen LogP contribution is 2.09.